The van der Waals surface area contributed by atoms with Gasteiger partial charge in [0.15, 0.2) is 0 Å². The van der Waals surface area contributed by atoms with E-state index in [1.807, 2.05) is 0 Å². The third kappa shape index (κ3) is 4.09. The van der Waals surface area contributed by atoms with Crippen molar-refractivity contribution >= 4 is 15.9 Å². The zero-order chi connectivity index (χ0) is 18.8. The van der Waals surface area contributed by atoms with Crippen LogP contribution in [-0.2, 0) is 14.8 Å². The first-order valence-corrected chi connectivity index (χ1v) is 10.5. The Labute approximate surface area is 155 Å². The number of hydrogen-bond acceptors (Lipinski definition) is 5. The summed E-state index contributed by atoms with van der Waals surface area (Å²) in [4.78, 5) is 16.8. The molecule has 2 heterocycles. The van der Waals surface area contributed by atoms with Crippen LogP contribution in [0.15, 0.2) is 35.2 Å². The summed E-state index contributed by atoms with van der Waals surface area (Å²) in [6, 6.07) is 8.45. The summed E-state index contributed by atoms with van der Waals surface area (Å²) in [6.07, 6.45) is 1.01. The van der Waals surface area contributed by atoms with Crippen LogP contribution in [0.1, 0.15) is 13.3 Å². The van der Waals surface area contributed by atoms with Crippen LogP contribution < -0.4 is 5.73 Å². The molecule has 1 amide bonds. The molecule has 2 aliphatic heterocycles. The fourth-order valence-electron chi connectivity index (χ4n) is 3.64. The maximum Gasteiger partial charge on any atom is 0.243 e. The number of piperazine rings is 1. The molecular weight excluding hydrogens is 352 g/mol. The molecule has 144 valence electrons. The second kappa shape index (κ2) is 7.64. The molecule has 0 aromatic heterocycles. The van der Waals surface area contributed by atoms with E-state index >= 15 is 0 Å². The molecular formula is C18H28N4O3S. The summed E-state index contributed by atoms with van der Waals surface area (Å²) in [5.74, 6) is 0.0723. The van der Waals surface area contributed by atoms with Crippen molar-refractivity contribution < 1.29 is 13.2 Å². The van der Waals surface area contributed by atoms with Crippen molar-refractivity contribution in [2.75, 3.05) is 52.4 Å². The smallest absolute Gasteiger partial charge is 0.243 e. The van der Waals surface area contributed by atoms with Gasteiger partial charge in [-0.15, -0.1) is 0 Å². The van der Waals surface area contributed by atoms with Crippen LogP contribution in [0.25, 0.3) is 0 Å². The minimum absolute atomic E-state index is 0.0723. The summed E-state index contributed by atoms with van der Waals surface area (Å²) < 4.78 is 26.8. The Hall–Kier alpha value is -1.48. The van der Waals surface area contributed by atoms with E-state index in [4.69, 9.17) is 5.73 Å². The molecule has 0 radical (unpaired) electrons. The summed E-state index contributed by atoms with van der Waals surface area (Å²) in [6.45, 7) is 6.46. The average molecular weight is 381 g/mol. The Bertz CT molecular complexity index is 732. The maximum absolute atomic E-state index is 12.6. The van der Waals surface area contributed by atoms with Gasteiger partial charge in [0.2, 0.25) is 15.9 Å². The number of amides is 1. The van der Waals surface area contributed by atoms with Crippen molar-refractivity contribution in [3.05, 3.63) is 30.3 Å². The van der Waals surface area contributed by atoms with E-state index in [2.05, 4.69) is 11.8 Å². The van der Waals surface area contributed by atoms with E-state index < -0.39 is 10.0 Å². The van der Waals surface area contributed by atoms with Crippen LogP contribution in [0.5, 0.6) is 0 Å². The number of rotatable bonds is 5. The Balaban J connectivity index is 1.53. The predicted octanol–water partition coefficient (Wildman–Crippen LogP) is 0.190. The fraction of sp³-hybridized carbons (Fsp3) is 0.611. The van der Waals surface area contributed by atoms with E-state index in [0.29, 0.717) is 44.2 Å². The molecule has 0 spiro atoms. The zero-order valence-corrected chi connectivity index (χ0v) is 16.1. The zero-order valence-electron chi connectivity index (χ0n) is 15.3. The largest absolute Gasteiger partial charge is 0.339 e. The monoisotopic (exact) mass is 380 g/mol. The quantitative estimate of drug-likeness (QED) is 0.788. The lowest BCUT2D eigenvalue weighted by Crippen LogP contribution is -2.52. The summed E-state index contributed by atoms with van der Waals surface area (Å²) in [7, 11) is -3.48. The Kier molecular flexibility index (Phi) is 5.67. The number of carbonyl (C=O) groups is 1. The lowest BCUT2D eigenvalue weighted by molar-refractivity contribution is -0.133. The number of benzene rings is 1. The van der Waals surface area contributed by atoms with Crippen molar-refractivity contribution in [1.29, 1.82) is 0 Å². The van der Waals surface area contributed by atoms with Crippen molar-refractivity contribution in [3.63, 3.8) is 0 Å². The van der Waals surface area contributed by atoms with Crippen LogP contribution >= 0.6 is 0 Å². The van der Waals surface area contributed by atoms with Gasteiger partial charge < -0.3 is 10.6 Å². The van der Waals surface area contributed by atoms with Gasteiger partial charge in [-0.2, -0.15) is 4.31 Å². The van der Waals surface area contributed by atoms with Gasteiger partial charge in [-0.1, -0.05) is 25.1 Å². The van der Waals surface area contributed by atoms with E-state index in [1.54, 1.807) is 35.2 Å². The van der Waals surface area contributed by atoms with Crippen molar-refractivity contribution in [2.45, 2.75) is 18.2 Å². The minimum Gasteiger partial charge on any atom is -0.339 e. The highest BCUT2D eigenvalue weighted by Crippen LogP contribution is 2.28. The molecule has 0 aliphatic carbocycles. The fourth-order valence-corrected chi connectivity index (χ4v) is 5.08. The van der Waals surface area contributed by atoms with Crippen LogP contribution in [0, 0.1) is 5.41 Å². The van der Waals surface area contributed by atoms with Gasteiger partial charge in [-0.25, -0.2) is 8.42 Å². The predicted molar refractivity (Wildman–Crippen MR) is 100.0 cm³/mol. The first kappa shape index (κ1) is 19.3. The summed E-state index contributed by atoms with van der Waals surface area (Å²) in [5.41, 5.74) is 5.92. The molecule has 1 aromatic rings. The molecule has 2 fully saturated rings. The Morgan fingerprint density at radius 1 is 1.12 bits per heavy atom. The topological polar surface area (TPSA) is 86.9 Å². The number of nitrogens with two attached hydrogens (primary N) is 1. The van der Waals surface area contributed by atoms with Gasteiger partial charge in [-0.05, 0) is 37.1 Å². The highest BCUT2D eigenvalue weighted by Gasteiger charge is 2.35. The van der Waals surface area contributed by atoms with Crippen LogP contribution in [0.2, 0.25) is 0 Å². The number of carbonyl (C=O) groups excluding carboxylic acids is 1. The van der Waals surface area contributed by atoms with Crippen LogP contribution in [0.4, 0.5) is 0 Å². The van der Waals surface area contributed by atoms with Crippen molar-refractivity contribution in [2.24, 2.45) is 11.1 Å². The molecule has 2 aliphatic rings. The van der Waals surface area contributed by atoms with Gasteiger partial charge in [0.1, 0.15) is 0 Å². The van der Waals surface area contributed by atoms with Gasteiger partial charge in [-0.3, -0.25) is 9.69 Å². The molecule has 0 bridgehead atoms. The SMILES string of the molecule is CC1(CN)CCN(CC(=O)N2CCN(S(=O)(=O)c3ccccc3)CC2)C1. The van der Waals surface area contributed by atoms with Crippen LogP contribution in [0.3, 0.4) is 0 Å². The first-order chi connectivity index (χ1) is 12.3. The second-order valence-electron chi connectivity index (χ2n) is 7.57. The normalized spacial score (nSPS) is 25.5. The Morgan fingerprint density at radius 3 is 2.35 bits per heavy atom. The molecule has 3 rings (SSSR count). The molecule has 26 heavy (non-hydrogen) atoms. The third-order valence-corrected chi connectivity index (χ3v) is 7.37. The molecule has 2 N–H and O–H groups in total. The van der Waals surface area contributed by atoms with E-state index in [0.717, 1.165) is 19.5 Å². The lowest BCUT2D eigenvalue weighted by atomic mass is 9.90. The third-order valence-electron chi connectivity index (χ3n) is 5.46. The first-order valence-electron chi connectivity index (χ1n) is 9.09. The van der Waals surface area contributed by atoms with E-state index in [9.17, 15) is 13.2 Å². The van der Waals surface area contributed by atoms with Gasteiger partial charge in [0.05, 0.1) is 11.4 Å². The molecule has 0 saturated carbocycles. The van der Waals surface area contributed by atoms with Gasteiger partial charge in [0.25, 0.3) is 0 Å². The average Bonchev–Trinajstić information content (AvgIpc) is 3.04. The van der Waals surface area contributed by atoms with E-state index in [1.165, 1.54) is 4.31 Å². The highest BCUT2D eigenvalue weighted by molar-refractivity contribution is 7.89. The summed E-state index contributed by atoms with van der Waals surface area (Å²) in [5, 5.41) is 0. The number of likely N-dealkylation sites (tertiary alicyclic amines) is 1. The van der Waals surface area contributed by atoms with Gasteiger partial charge in [0, 0.05) is 32.7 Å². The number of hydrogen-bond donors (Lipinski definition) is 1. The summed E-state index contributed by atoms with van der Waals surface area (Å²) >= 11 is 0. The second-order valence-corrected chi connectivity index (χ2v) is 9.51. The van der Waals surface area contributed by atoms with E-state index in [-0.39, 0.29) is 11.3 Å². The molecule has 1 atom stereocenters. The number of nitrogens with zero attached hydrogens (tertiary/aromatic N) is 3. The molecule has 1 aromatic carbocycles. The minimum atomic E-state index is -3.48. The van der Waals surface area contributed by atoms with Gasteiger partial charge >= 0.3 is 0 Å². The standard InChI is InChI=1S/C18H28N4O3S/c1-18(14-19)7-8-20(15-18)13-17(23)21-9-11-22(12-10-21)26(24,25)16-5-3-2-4-6-16/h2-6H,7-15,19H2,1H3. The molecule has 7 nitrogen and oxygen atoms in total. The van der Waals surface area contributed by atoms with Crippen molar-refractivity contribution in [3.8, 4) is 0 Å². The molecule has 2 saturated heterocycles. The van der Waals surface area contributed by atoms with Crippen molar-refractivity contribution in [1.82, 2.24) is 14.1 Å². The Morgan fingerprint density at radius 2 is 1.77 bits per heavy atom. The van der Waals surface area contributed by atoms with Crippen LogP contribution in [-0.4, -0.2) is 80.8 Å². The maximum atomic E-state index is 12.6. The number of sulfonamides is 1. The molecule has 8 heteroatoms. The highest BCUT2D eigenvalue weighted by atomic mass is 32.2. The molecule has 1 unspecified atom stereocenters. The lowest BCUT2D eigenvalue weighted by Gasteiger charge is -2.35.